The van der Waals surface area contributed by atoms with Gasteiger partial charge in [0.25, 0.3) is 0 Å². The van der Waals surface area contributed by atoms with Gasteiger partial charge < -0.3 is 5.73 Å². The number of anilines is 1. The van der Waals surface area contributed by atoms with Crippen molar-refractivity contribution >= 4 is 33.4 Å². The van der Waals surface area contributed by atoms with E-state index in [9.17, 15) is 0 Å². The molecule has 0 fully saturated rings. The molecule has 0 spiro atoms. The Balaban J connectivity index is 2.03. The fourth-order valence-electron chi connectivity index (χ4n) is 1.27. The van der Waals surface area contributed by atoms with Gasteiger partial charge in [-0.15, -0.1) is 11.8 Å². The van der Waals surface area contributed by atoms with Gasteiger partial charge in [0.2, 0.25) is 0 Å². The molecule has 2 rings (SSSR count). The number of benzene rings is 1. The minimum Gasteiger partial charge on any atom is -0.398 e. The quantitative estimate of drug-likeness (QED) is 0.693. The Morgan fingerprint density at radius 3 is 2.81 bits per heavy atom. The highest BCUT2D eigenvalue weighted by Gasteiger charge is 2.00. The van der Waals surface area contributed by atoms with Crippen LogP contribution in [-0.4, -0.2) is 4.98 Å². The molecular formula is C12H11BrN2S. The molecule has 0 aliphatic heterocycles. The number of hydrogen-bond donors (Lipinski definition) is 1. The summed E-state index contributed by atoms with van der Waals surface area (Å²) < 4.78 is 0.944. The minimum atomic E-state index is 0.777. The number of rotatable bonds is 3. The molecule has 0 atom stereocenters. The van der Waals surface area contributed by atoms with Gasteiger partial charge in [0.1, 0.15) is 0 Å². The van der Waals surface area contributed by atoms with Gasteiger partial charge in [-0.05, 0) is 45.8 Å². The predicted octanol–water partition coefficient (Wildman–Crippen LogP) is 3.72. The molecule has 2 aromatic rings. The van der Waals surface area contributed by atoms with Crippen molar-refractivity contribution in [3.05, 3.63) is 52.6 Å². The van der Waals surface area contributed by atoms with Crippen LogP contribution in [0.3, 0.4) is 0 Å². The van der Waals surface area contributed by atoms with Crippen LogP contribution in [0, 0.1) is 0 Å². The molecular weight excluding hydrogens is 284 g/mol. The van der Waals surface area contributed by atoms with E-state index in [4.69, 9.17) is 5.73 Å². The molecule has 2 nitrogen and oxygen atoms in total. The molecule has 0 saturated carbocycles. The normalized spacial score (nSPS) is 10.3. The number of halogens is 1. The molecule has 1 aromatic carbocycles. The highest BCUT2D eigenvalue weighted by Crippen LogP contribution is 2.25. The third-order valence-corrected chi connectivity index (χ3v) is 3.82. The first-order chi connectivity index (χ1) is 7.75. The molecule has 0 amide bonds. The standard InChI is InChI=1S/C12H11BrN2S/c13-10-5-4-9(7-11(10)14)8-16-12-3-1-2-6-15-12/h1-7H,8,14H2. The van der Waals surface area contributed by atoms with Crippen LogP contribution in [0.5, 0.6) is 0 Å². The molecule has 82 valence electrons. The lowest BCUT2D eigenvalue weighted by Gasteiger charge is -2.03. The van der Waals surface area contributed by atoms with E-state index in [0.29, 0.717) is 0 Å². The smallest absolute Gasteiger partial charge is 0.0963 e. The first-order valence-electron chi connectivity index (χ1n) is 4.83. The molecule has 0 saturated heterocycles. The Kier molecular flexibility index (Phi) is 3.85. The van der Waals surface area contributed by atoms with Crippen molar-refractivity contribution in [2.24, 2.45) is 0 Å². The van der Waals surface area contributed by atoms with E-state index in [1.165, 1.54) is 5.56 Å². The Bertz CT molecular complexity index is 474. The average Bonchev–Trinajstić information content (AvgIpc) is 2.32. The first kappa shape index (κ1) is 11.5. The van der Waals surface area contributed by atoms with Gasteiger partial charge in [-0.25, -0.2) is 4.98 Å². The van der Waals surface area contributed by atoms with Crippen molar-refractivity contribution < 1.29 is 0 Å². The lowest BCUT2D eigenvalue weighted by molar-refractivity contribution is 1.13. The van der Waals surface area contributed by atoms with Crippen molar-refractivity contribution in [2.75, 3.05) is 5.73 Å². The predicted molar refractivity (Wildman–Crippen MR) is 72.4 cm³/mol. The van der Waals surface area contributed by atoms with E-state index in [2.05, 4.69) is 27.0 Å². The SMILES string of the molecule is Nc1cc(CSc2ccccn2)ccc1Br. The van der Waals surface area contributed by atoms with Crippen LogP contribution < -0.4 is 5.73 Å². The van der Waals surface area contributed by atoms with Crippen LogP contribution in [0.1, 0.15) is 5.56 Å². The summed E-state index contributed by atoms with van der Waals surface area (Å²) in [6.07, 6.45) is 1.80. The zero-order valence-electron chi connectivity index (χ0n) is 8.56. The molecule has 0 unspecified atom stereocenters. The minimum absolute atomic E-state index is 0.777. The molecule has 0 aliphatic rings. The summed E-state index contributed by atoms with van der Waals surface area (Å²) in [6.45, 7) is 0. The molecule has 4 heteroatoms. The van der Waals surface area contributed by atoms with E-state index in [-0.39, 0.29) is 0 Å². The second kappa shape index (κ2) is 5.37. The third kappa shape index (κ3) is 3.00. The highest BCUT2D eigenvalue weighted by molar-refractivity contribution is 9.10. The summed E-state index contributed by atoms with van der Waals surface area (Å²) in [5.41, 5.74) is 7.80. The van der Waals surface area contributed by atoms with Crippen molar-refractivity contribution in [1.29, 1.82) is 0 Å². The van der Waals surface area contributed by atoms with Crippen LogP contribution >= 0.6 is 27.7 Å². The number of hydrogen-bond acceptors (Lipinski definition) is 3. The maximum Gasteiger partial charge on any atom is 0.0963 e. The van der Waals surface area contributed by atoms with Gasteiger partial charge in [0.15, 0.2) is 0 Å². The summed E-state index contributed by atoms with van der Waals surface area (Å²) in [5, 5.41) is 1.03. The number of nitrogens with two attached hydrogens (primary N) is 1. The average molecular weight is 295 g/mol. The monoisotopic (exact) mass is 294 g/mol. The molecule has 16 heavy (non-hydrogen) atoms. The van der Waals surface area contributed by atoms with Crippen molar-refractivity contribution in [3.8, 4) is 0 Å². The maximum absolute atomic E-state index is 5.82. The fraction of sp³-hybridized carbons (Fsp3) is 0.0833. The first-order valence-corrected chi connectivity index (χ1v) is 6.61. The van der Waals surface area contributed by atoms with Crippen LogP contribution in [0.2, 0.25) is 0 Å². The van der Waals surface area contributed by atoms with Gasteiger partial charge in [0, 0.05) is 22.1 Å². The van der Waals surface area contributed by atoms with Crippen molar-refractivity contribution in [2.45, 2.75) is 10.8 Å². The van der Waals surface area contributed by atoms with E-state index in [1.54, 1.807) is 18.0 Å². The zero-order valence-corrected chi connectivity index (χ0v) is 11.0. The summed E-state index contributed by atoms with van der Waals surface area (Å²) in [4.78, 5) is 4.26. The van der Waals surface area contributed by atoms with Crippen LogP contribution in [0.4, 0.5) is 5.69 Å². The molecule has 0 bridgehead atoms. The number of nitrogen functional groups attached to an aromatic ring is 1. The van der Waals surface area contributed by atoms with Gasteiger partial charge in [-0.2, -0.15) is 0 Å². The Morgan fingerprint density at radius 2 is 2.12 bits per heavy atom. The Morgan fingerprint density at radius 1 is 1.25 bits per heavy atom. The van der Waals surface area contributed by atoms with Gasteiger partial charge in [-0.1, -0.05) is 12.1 Å². The Hall–Kier alpha value is -1.00. The van der Waals surface area contributed by atoms with Gasteiger partial charge in [-0.3, -0.25) is 0 Å². The number of thioether (sulfide) groups is 1. The molecule has 0 radical (unpaired) electrons. The second-order valence-corrected chi connectivity index (χ2v) is 5.16. The lowest BCUT2D eigenvalue weighted by Crippen LogP contribution is -1.89. The molecule has 1 heterocycles. The summed E-state index contributed by atoms with van der Waals surface area (Å²) in [7, 11) is 0. The van der Waals surface area contributed by atoms with Crippen molar-refractivity contribution in [3.63, 3.8) is 0 Å². The highest BCUT2D eigenvalue weighted by atomic mass is 79.9. The molecule has 0 aliphatic carbocycles. The fourth-order valence-corrected chi connectivity index (χ4v) is 2.32. The maximum atomic E-state index is 5.82. The summed E-state index contributed by atoms with van der Waals surface area (Å²) in [5.74, 6) is 0.883. The Labute approximate surface area is 107 Å². The van der Waals surface area contributed by atoms with E-state index in [1.807, 2.05) is 30.3 Å². The molecule has 1 aromatic heterocycles. The van der Waals surface area contributed by atoms with Crippen molar-refractivity contribution in [1.82, 2.24) is 4.98 Å². The molecule has 2 N–H and O–H groups in total. The van der Waals surface area contributed by atoms with Crippen LogP contribution in [-0.2, 0) is 5.75 Å². The number of aromatic nitrogens is 1. The van der Waals surface area contributed by atoms with Crippen LogP contribution in [0.15, 0.2) is 52.1 Å². The number of nitrogens with zero attached hydrogens (tertiary/aromatic N) is 1. The van der Waals surface area contributed by atoms with Gasteiger partial charge in [0.05, 0.1) is 5.03 Å². The largest absolute Gasteiger partial charge is 0.398 e. The lowest BCUT2D eigenvalue weighted by atomic mass is 10.2. The van der Waals surface area contributed by atoms with E-state index in [0.717, 1.165) is 20.9 Å². The van der Waals surface area contributed by atoms with Gasteiger partial charge >= 0.3 is 0 Å². The number of pyridine rings is 1. The van der Waals surface area contributed by atoms with Crippen LogP contribution in [0.25, 0.3) is 0 Å². The summed E-state index contributed by atoms with van der Waals surface area (Å²) >= 11 is 5.09. The third-order valence-electron chi connectivity index (χ3n) is 2.08. The van der Waals surface area contributed by atoms with E-state index < -0.39 is 0 Å². The topological polar surface area (TPSA) is 38.9 Å². The second-order valence-electron chi connectivity index (χ2n) is 3.31. The zero-order chi connectivity index (χ0) is 11.4. The summed E-state index contributed by atoms with van der Waals surface area (Å²) in [6, 6.07) is 11.9. The van der Waals surface area contributed by atoms with E-state index >= 15 is 0 Å².